The third-order valence-electron chi connectivity index (χ3n) is 6.31. The summed E-state index contributed by atoms with van der Waals surface area (Å²) in [6, 6.07) is 13.1. The van der Waals surface area contributed by atoms with E-state index in [4.69, 9.17) is 0 Å². The highest BCUT2D eigenvalue weighted by molar-refractivity contribution is 6.04. The molecule has 2 aromatic carbocycles. The third kappa shape index (κ3) is 5.19. The molecule has 0 aromatic heterocycles. The van der Waals surface area contributed by atoms with Crippen molar-refractivity contribution in [1.82, 2.24) is 4.90 Å². The number of carbonyl (C=O) groups is 2. The van der Waals surface area contributed by atoms with Crippen LogP contribution in [0.2, 0.25) is 0 Å². The lowest BCUT2D eigenvalue weighted by Crippen LogP contribution is -2.35. The minimum Gasteiger partial charge on any atom is -0.371 e. The average Bonchev–Trinajstić information content (AvgIpc) is 3.30. The standard InChI is InChI=1S/C25H32N4O2/c1-18-5-7-20(8-6-18)26-25(31)27-21-9-10-23(28-15-11-19(2)12-16-28)22(17-21)24(30)29-13-3-4-14-29/h5-10,17,19H,3-4,11-16H2,1-2H3,(H2,26,27,31). The Bertz CT molecular complexity index is 927. The maximum Gasteiger partial charge on any atom is 0.323 e. The molecule has 3 amide bonds. The highest BCUT2D eigenvalue weighted by atomic mass is 16.2. The first-order valence-corrected chi connectivity index (χ1v) is 11.3. The molecular weight excluding hydrogens is 388 g/mol. The smallest absolute Gasteiger partial charge is 0.323 e. The molecule has 0 bridgehead atoms. The monoisotopic (exact) mass is 420 g/mol. The van der Waals surface area contributed by atoms with E-state index in [-0.39, 0.29) is 11.9 Å². The zero-order chi connectivity index (χ0) is 21.8. The summed E-state index contributed by atoms with van der Waals surface area (Å²) < 4.78 is 0. The summed E-state index contributed by atoms with van der Waals surface area (Å²) in [4.78, 5) is 30.1. The number of hydrogen-bond acceptors (Lipinski definition) is 3. The summed E-state index contributed by atoms with van der Waals surface area (Å²) in [5.41, 5.74) is 4.16. The number of likely N-dealkylation sites (tertiary alicyclic amines) is 1. The van der Waals surface area contributed by atoms with Crippen LogP contribution in [0.4, 0.5) is 21.9 Å². The summed E-state index contributed by atoms with van der Waals surface area (Å²) >= 11 is 0. The van der Waals surface area contributed by atoms with Crippen LogP contribution in [-0.4, -0.2) is 43.0 Å². The lowest BCUT2D eigenvalue weighted by atomic mass is 9.97. The van der Waals surface area contributed by atoms with Gasteiger partial charge in [0.1, 0.15) is 0 Å². The van der Waals surface area contributed by atoms with Gasteiger partial charge in [-0.2, -0.15) is 0 Å². The minimum atomic E-state index is -0.317. The van der Waals surface area contributed by atoms with E-state index in [0.29, 0.717) is 11.3 Å². The normalized spacial score (nSPS) is 17.0. The largest absolute Gasteiger partial charge is 0.371 e. The number of rotatable bonds is 4. The summed E-state index contributed by atoms with van der Waals surface area (Å²) in [6.45, 7) is 7.83. The lowest BCUT2D eigenvalue weighted by Gasteiger charge is -2.34. The fourth-order valence-corrected chi connectivity index (χ4v) is 4.33. The molecule has 31 heavy (non-hydrogen) atoms. The average molecular weight is 421 g/mol. The second kappa shape index (κ2) is 9.41. The number of carbonyl (C=O) groups excluding carboxylic acids is 2. The number of aryl methyl sites for hydroxylation is 1. The second-order valence-electron chi connectivity index (χ2n) is 8.85. The van der Waals surface area contributed by atoms with Crippen LogP contribution in [0.1, 0.15) is 48.5 Å². The quantitative estimate of drug-likeness (QED) is 0.722. The molecule has 6 heteroatoms. The zero-order valence-electron chi connectivity index (χ0n) is 18.5. The van der Waals surface area contributed by atoms with E-state index in [0.717, 1.165) is 74.7 Å². The predicted molar refractivity (Wildman–Crippen MR) is 126 cm³/mol. The molecule has 0 radical (unpaired) electrons. The van der Waals surface area contributed by atoms with Gasteiger partial charge in [0.05, 0.1) is 5.56 Å². The fraction of sp³-hybridized carbons (Fsp3) is 0.440. The molecular formula is C25H32N4O2. The van der Waals surface area contributed by atoms with Gasteiger partial charge in [0.15, 0.2) is 0 Å². The number of anilines is 3. The molecule has 0 atom stereocenters. The Morgan fingerprint density at radius 3 is 2.16 bits per heavy atom. The van der Waals surface area contributed by atoms with Gasteiger partial charge >= 0.3 is 6.03 Å². The van der Waals surface area contributed by atoms with Crippen molar-refractivity contribution in [2.45, 2.75) is 39.5 Å². The van der Waals surface area contributed by atoms with Crippen LogP contribution >= 0.6 is 0 Å². The summed E-state index contributed by atoms with van der Waals surface area (Å²) in [6.07, 6.45) is 4.38. The number of amides is 3. The van der Waals surface area contributed by atoms with E-state index in [1.807, 2.05) is 54.3 Å². The Morgan fingerprint density at radius 1 is 0.871 bits per heavy atom. The first-order valence-electron chi connectivity index (χ1n) is 11.3. The van der Waals surface area contributed by atoms with E-state index in [1.54, 1.807) is 0 Å². The highest BCUT2D eigenvalue weighted by Crippen LogP contribution is 2.30. The predicted octanol–water partition coefficient (Wildman–Crippen LogP) is 5.11. The highest BCUT2D eigenvalue weighted by Gasteiger charge is 2.26. The topological polar surface area (TPSA) is 64.7 Å². The zero-order valence-corrected chi connectivity index (χ0v) is 18.5. The van der Waals surface area contributed by atoms with Crippen molar-refractivity contribution in [3.05, 3.63) is 53.6 Å². The van der Waals surface area contributed by atoms with Gasteiger partial charge in [0.2, 0.25) is 0 Å². The molecule has 4 rings (SSSR count). The molecule has 2 N–H and O–H groups in total. The van der Waals surface area contributed by atoms with Crippen molar-refractivity contribution < 1.29 is 9.59 Å². The molecule has 0 saturated carbocycles. The fourth-order valence-electron chi connectivity index (χ4n) is 4.33. The Morgan fingerprint density at radius 2 is 1.48 bits per heavy atom. The first kappa shape index (κ1) is 21.2. The SMILES string of the molecule is Cc1ccc(NC(=O)Nc2ccc(N3CCC(C)CC3)c(C(=O)N3CCCC3)c2)cc1. The maximum absolute atomic E-state index is 13.3. The molecule has 0 unspecified atom stereocenters. The molecule has 164 valence electrons. The number of nitrogens with one attached hydrogen (secondary N) is 2. The second-order valence-corrected chi connectivity index (χ2v) is 8.85. The van der Waals surface area contributed by atoms with Crippen LogP contribution in [0.3, 0.4) is 0 Å². The number of urea groups is 1. The maximum atomic E-state index is 13.3. The summed E-state index contributed by atoms with van der Waals surface area (Å²) in [5, 5.41) is 5.74. The Labute approximate surface area is 184 Å². The van der Waals surface area contributed by atoms with Crippen molar-refractivity contribution in [1.29, 1.82) is 0 Å². The molecule has 2 heterocycles. The summed E-state index contributed by atoms with van der Waals surface area (Å²) in [7, 11) is 0. The van der Waals surface area contributed by atoms with Gasteiger partial charge in [-0.1, -0.05) is 24.6 Å². The van der Waals surface area contributed by atoms with Crippen LogP contribution in [0, 0.1) is 12.8 Å². The molecule has 2 fully saturated rings. The van der Waals surface area contributed by atoms with Gasteiger partial charge < -0.3 is 20.4 Å². The summed E-state index contributed by atoms with van der Waals surface area (Å²) in [5.74, 6) is 0.786. The molecule has 6 nitrogen and oxygen atoms in total. The van der Waals surface area contributed by atoms with E-state index < -0.39 is 0 Å². The molecule has 0 aliphatic carbocycles. The molecule has 2 aliphatic rings. The van der Waals surface area contributed by atoms with Crippen LogP contribution in [0.25, 0.3) is 0 Å². The minimum absolute atomic E-state index is 0.0636. The number of piperidine rings is 1. The van der Waals surface area contributed by atoms with Crippen LogP contribution < -0.4 is 15.5 Å². The van der Waals surface area contributed by atoms with Crippen LogP contribution in [0.15, 0.2) is 42.5 Å². The van der Waals surface area contributed by atoms with Gasteiger partial charge in [-0.15, -0.1) is 0 Å². The van der Waals surface area contributed by atoms with Crippen LogP contribution in [0.5, 0.6) is 0 Å². The molecule has 2 aliphatic heterocycles. The number of nitrogens with zero attached hydrogens (tertiary/aromatic N) is 2. The van der Waals surface area contributed by atoms with Crippen molar-refractivity contribution in [3.63, 3.8) is 0 Å². The van der Waals surface area contributed by atoms with E-state index in [1.165, 1.54) is 0 Å². The van der Waals surface area contributed by atoms with Crippen molar-refractivity contribution in [3.8, 4) is 0 Å². The van der Waals surface area contributed by atoms with Gasteiger partial charge in [-0.25, -0.2) is 4.79 Å². The van der Waals surface area contributed by atoms with E-state index >= 15 is 0 Å². The number of hydrogen-bond donors (Lipinski definition) is 2. The Balaban J connectivity index is 1.54. The Kier molecular flexibility index (Phi) is 6.44. The van der Waals surface area contributed by atoms with Gasteiger partial charge in [-0.3, -0.25) is 4.79 Å². The molecule has 2 aromatic rings. The van der Waals surface area contributed by atoms with Crippen molar-refractivity contribution in [2.75, 3.05) is 41.7 Å². The molecule has 0 spiro atoms. The number of benzene rings is 2. The van der Waals surface area contributed by atoms with Gasteiger partial charge in [0, 0.05) is 43.2 Å². The lowest BCUT2D eigenvalue weighted by molar-refractivity contribution is 0.0793. The van der Waals surface area contributed by atoms with E-state index in [9.17, 15) is 9.59 Å². The molecule has 2 saturated heterocycles. The van der Waals surface area contributed by atoms with Crippen molar-refractivity contribution >= 4 is 29.0 Å². The van der Waals surface area contributed by atoms with Gasteiger partial charge in [0.25, 0.3) is 5.91 Å². The first-order chi connectivity index (χ1) is 15.0. The van der Waals surface area contributed by atoms with E-state index in [2.05, 4.69) is 22.5 Å². The van der Waals surface area contributed by atoms with Crippen LogP contribution in [-0.2, 0) is 0 Å². The van der Waals surface area contributed by atoms with Crippen molar-refractivity contribution in [2.24, 2.45) is 5.92 Å². The Hall–Kier alpha value is -3.02. The third-order valence-corrected chi connectivity index (χ3v) is 6.31. The van der Waals surface area contributed by atoms with Gasteiger partial charge in [-0.05, 0) is 68.9 Å².